The zero-order valence-corrected chi connectivity index (χ0v) is 22.7. The van der Waals surface area contributed by atoms with E-state index in [1.54, 1.807) is 62.4 Å². The predicted octanol–water partition coefficient (Wildman–Crippen LogP) is 6.02. The molecule has 0 spiro atoms. The summed E-state index contributed by atoms with van der Waals surface area (Å²) in [5.74, 6) is 0.334. The van der Waals surface area contributed by atoms with Crippen molar-refractivity contribution in [2.24, 2.45) is 4.99 Å². The van der Waals surface area contributed by atoms with Crippen LogP contribution in [0.3, 0.4) is 0 Å². The number of halogens is 3. The Morgan fingerprint density at radius 2 is 1.86 bits per heavy atom. The van der Waals surface area contributed by atoms with Crippen LogP contribution in [-0.4, -0.2) is 17.1 Å². The van der Waals surface area contributed by atoms with E-state index in [9.17, 15) is 9.59 Å². The summed E-state index contributed by atoms with van der Waals surface area (Å²) in [6.07, 6.45) is 1.77. The smallest absolute Gasteiger partial charge is 0.338 e. The van der Waals surface area contributed by atoms with Gasteiger partial charge in [-0.05, 0) is 68.0 Å². The van der Waals surface area contributed by atoms with Gasteiger partial charge in [0.15, 0.2) is 4.80 Å². The molecule has 0 N–H and O–H groups in total. The van der Waals surface area contributed by atoms with Crippen LogP contribution in [-0.2, 0) is 9.53 Å². The highest BCUT2D eigenvalue weighted by Crippen LogP contribution is 2.35. The molecule has 0 unspecified atom stereocenters. The van der Waals surface area contributed by atoms with Crippen LogP contribution < -0.4 is 14.9 Å². The summed E-state index contributed by atoms with van der Waals surface area (Å²) in [4.78, 5) is 31.8. The zero-order chi connectivity index (χ0) is 26.3. The number of carbonyl (C=O) groups is 1. The molecule has 0 amide bonds. The van der Waals surface area contributed by atoms with Gasteiger partial charge in [0.25, 0.3) is 5.56 Å². The van der Waals surface area contributed by atoms with Crippen molar-refractivity contribution >= 4 is 58.2 Å². The van der Waals surface area contributed by atoms with Crippen molar-refractivity contribution in [3.8, 4) is 11.3 Å². The Bertz CT molecular complexity index is 1730. The quantitative estimate of drug-likeness (QED) is 0.274. The Morgan fingerprint density at radius 3 is 2.57 bits per heavy atom. The van der Waals surface area contributed by atoms with Crippen LogP contribution in [0.1, 0.15) is 31.2 Å². The molecule has 188 valence electrons. The number of hydrogen-bond donors (Lipinski definition) is 0. The highest BCUT2D eigenvalue weighted by molar-refractivity contribution is 7.07. The van der Waals surface area contributed by atoms with E-state index in [2.05, 4.69) is 4.99 Å². The Hall–Kier alpha value is -3.10. The molecule has 3 heterocycles. The minimum atomic E-state index is -0.862. The summed E-state index contributed by atoms with van der Waals surface area (Å²) in [5.41, 5.74) is 1.91. The van der Waals surface area contributed by atoms with Crippen molar-refractivity contribution in [1.29, 1.82) is 0 Å². The molecule has 4 aromatic rings. The lowest BCUT2D eigenvalue weighted by Gasteiger charge is -2.22. The number of aromatic nitrogens is 1. The van der Waals surface area contributed by atoms with Gasteiger partial charge in [-0.3, -0.25) is 9.36 Å². The molecule has 1 aliphatic heterocycles. The molecule has 2 aromatic heterocycles. The first-order valence-corrected chi connectivity index (χ1v) is 13.2. The van der Waals surface area contributed by atoms with Gasteiger partial charge in [0, 0.05) is 10.6 Å². The Balaban J connectivity index is 1.68. The van der Waals surface area contributed by atoms with Gasteiger partial charge in [-0.1, -0.05) is 58.3 Å². The van der Waals surface area contributed by atoms with Gasteiger partial charge in [0.05, 0.1) is 32.5 Å². The molecule has 0 saturated heterocycles. The molecule has 37 heavy (non-hydrogen) atoms. The van der Waals surface area contributed by atoms with Crippen LogP contribution in [0.5, 0.6) is 0 Å². The van der Waals surface area contributed by atoms with Gasteiger partial charge in [0.1, 0.15) is 17.6 Å². The maximum Gasteiger partial charge on any atom is 0.338 e. The zero-order valence-electron chi connectivity index (χ0n) is 19.6. The number of thiazole rings is 1. The summed E-state index contributed by atoms with van der Waals surface area (Å²) >= 11 is 19.5. The summed E-state index contributed by atoms with van der Waals surface area (Å²) in [7, 11) is 0. The molecule has 0 radical (unpaired) electrons. The maximum atomic E-state index is 13.7. The lowest BCUT2D eigenvalue weighted by atomic mass is 10.0. The number of nitrogens with zero attached hydrogens (tertiary/aromatic N) is 2. The lowest BCUT2D eigenvalue weighted by Crippen LogP contribution is -2.39. The maximum absolute atomic E-state index is 13.7. The second-order valence-corrected chi connectivity index (χ2v) is 10.4. The Labute approximate surface area is 230 Å². The fourth-order valence-electron chi connectivity index (χ4n) is 4.08. The second kappa shape index (κ2) is 10.3. The number of allylic oxidation sites excluding steroid dienone is 1. The number of ether oxygens (including phenoxy) is 1. The van der Waals surface area contributed by atoms with Gasteiger partial charge < -0.3 is 9.15 Å². The van der Waals surface area contributed by atoms with Crippen molar-refractivity contribution in [3.63, 3.8) is 0 Å². The topological polar surface area (TPSA) is 73.8 Å². The Morgan fingerprint density at radius 1 is 1.11 bits per heavy atom. The monoisotopic (exact) mass is 572 g/mol. The molecule has 10 heteroatoms. The molecule has 5 rings (SSSR count). The fourth-order valence-corrected chi connectivity index (χ4v) is 5.55. The third-order valence-electron chi connectivity index (χ3n) is 5.79. The number of esters is 1. The largest absolute Gasteiger partial charge is 0.463 e. The van der Waals surface area contributed by atoms with Crippen molar-refractivity contribution in [2.45, 2.75) is 19.9 Å². The highest BCUT2D eigenvalue weighted by Gasteiger charge is 2.35. The second-order valence-electron chi connectivity index (χ2n) is 8.18. The van der Waals surface area contributed by atoms with Crippen molar-refractivity contribution in [2.75, 3.05) is 6.61 Å². The standard InChI is InChI=1S/C27H19Cl3N2O4S/c1-3-35-26(34)23-14(2)31-27-32(25(33)22(37-27)12-15-4-7-17(28)8-5-15)24(23)21-11-10-20(36-21)16-6-9-18(29)19(30)13-16/h4-13,24H,3H2,1-2H3/b22-12-/t24-/m1/s1. The summed E-state index contributed by atoms with van der Waals surface area (Å²) in [6.45, 7) is 3.62. The lowest BCUT2D eigenvalue weighted by molar-refractivity contribution is -0.139. The highest BCUT2D eigenvalue weighted by atomic mass is 35.5. The number of fused-ring (bicyclic) bond motifs is 1. The molecule has 2 aromatic carbocycles. The summed E-state index contributed by atoms with van der Waals surface area (Å²) in [6, 6.07) is 14.9. The fraction of sp³-hybridized carbons (Fsp3) is 0.148. The van der Waals surface area contributed by atoms with Crippen LogP contribution in [0.25, 0.3) is 17.4 Å². The van der Waals surface area contributed by atoms with E-state index >= 15 is 0 Å². The van der Waals surface area contributed by atoms with E-state index in [0.717, 1.165) is 5.56 Å². The van der Waals surface area contributed by atoms with Crippen LogP contribution in [0.2, 0.25) is 15.1 Å². The first-order valence-electron chi connectivity index (χ1n) is 11.3. The molecule has 1 aliphatic rings. The number of carbonyl (C=O) groups excluding carboxylic acids is 1. The van der Waals surface area contributed by atoms with Crippen LogP contribution in [0.15, 0.2) is 80.1 Å². The number of furan rings is 1. The summed E-state index contributed by atoms with van der Waals surface area (Å²) in [5, 5.41) is 1.41. The van der Waals surface area contributed by atoms with Gasteiger partial charge in [-0.2, -0.15) is 0 Å². The predicted molar refractivity (Wildman–Crippen MR) is 146 cm³/mol. The molecule has 1 atom stereocenters. The summed E-state index contributed by atoms with van der Waals surface area (Å²) < 4.78 is 13.5. The molecular formula is C27H19Cl3N2O4S. The van der Waals surface area contributed by atoms with E-state index in [0.29, 0.717) is 47.2 Å². The number of hydrogen-bond acceptors (Lipinski definition) is 6. The third-order valence-corrected chi connectivity index (χ3v) is 7.76. The van der Waals surface area contributed by atoms with E-state index in [1.807, 2.05) is 12.1 Å². The SMILES string of the molecule is CCOC(=O)C1=C(C)N=c2s/c(=C\c3ccc(Cl)cc3)c(=O)n2[C@@H]1c1ccc(-c2ccc(Cl)c(Cl)c2)o1. The average Bonchev–Trinajstić information content (AvgIpc) is 3.47. The van der Waals surface area contributed by atoms with Crippen molar-refractivity contribution in [1.82, 2.24) is 4.57 Å². The van der Waals surface area contributed by atoms with Crippen LogP contribution in [0.4, 0.5) is 0 Å². The van der Waals surface area contributed by atoms with Crippen molar-refractivity contribution in [3.05, 3.63) is 112 Å². The van der Waals surface area contributed by atoms with Gasteiger partial charge in [-0.15, -0.1) is 0 Å². The first kappa shape index (κ1) is 25.5. The average molecular weight is 574 g/mol. The molecule has 0 saturated carbocycles. The molecular weight excluding hydrogens is 555 g/mol. The molecule has 0 bridgehead atoms. The van der Waals surface area contributed by atoms with Crippen molar-refractivity contribution < 1.29 is 13.9 Å². The minimum Gasteiger partial charge on any atom is -0.463 e. The first-order chi connectivity index (χ1) is 17.8. The van der Waals surface area contributed by atoms with E-state index in [4.69, 9.17) is 44.0 Å². The van der Waals surface area contributed by atoms with Gasteiger partial charge >= 0.3 is 5.97 Å². The third kappa shape index (κ3) is 4.92. The van der Waals surface area contributed by atoms with E-state index in [1.165, 1.54) is 15.9 Å². The van der Waals surface area contributed by atoms with Gasteiger partial charge in [0.2, 0.25) is 0 Å². The van der Waals surface area contributed by atoms with Gasteiger partial charge in [-0.25, -0.2) is 9.79 Å². The van der Waals surface area contributed by atoms with E-state index < -0.39 is 12.0 Å². The van der Waals surface area contributed by atoms with Crippen LogP contribution in [0, 0.1) is 0 Å². The van der Waals surface area contributed by atoms with Crippen LogP contribution >= 0.6 is 46.1 Å². The molecule has 0 fully saturated rings. The van der Waals surface area contributed by atoms with E-state index in [-0.39, 0.29) is 17.7 Å². The normalized spacial score (nSPS) is 15.5. The molecule has 0 aliphatic carbocycles. The molecule has 6 nitrogen and oxygen atoms in total. The number of benzene rings is 2. The minimum absolute atomic E-state index is 0.177. The number of rotatable bonds is 5. The Kier molecular flexibility index (Phi) is 7.14.